The lowest BCUT2D eigenvalue weighted by molar-refractivity contribution is -0.138. The Bertz CT molecular complexity index is 724. The fraction of sp³-hybridized carbons (Fsp3) is 0.267. The zero-order chi connectivity index (χ0) is 19.9. The van der Waals surface area contributed by atoms with E-state index in [4.69, 9.17) is 35.3 Å². The number of nitrogens with two attached hydrogens (primary N) is 1. The van der Waals surface area contributed by atoms with Gasteiger partial charge in [-0.05, 0) is 17.5 Å². The van der Waals surface area contributed by atoms with Gasteiger partial charge in [-0.1, -0.05) is 48.7 Å². The van der Waals surface area contributed by atoms with Crippen molar-refractivity contribution in [2.45, 2.75) is 24.8 Å². The molecule has 0 radical (unpaired) electrons. The van der Waals surface area contributed by atoms with Crippen molar-refractivity contribution >= 4 is 76.1 Å². The van der Waals surface area contributed by atoms with Crippen molar-refractivity contribution in [1.29, 1.82) is 0 Å². The molecule has 0 aliphatic carbocycles. The van der Waals surface area contributed by atoms with Crippen LogP contribution in [0.1, 0.15) is 23.5 Å². The van der Waals surface area contributed by atoms with E-state index >= 15 is 0 Å². The van der Waals surface area contributed by atoms with Crippen LogP contribution in [0.3, 0.4) is 0 Å². The number of benzene rings is 1. The Hall–Kier alpha value is -1.53. The summed E-state index contributed by atoms with van der Waals surface area (Å²) in [6, 6.07) is 5.53. The minimum Gasteiger partial charge on any atom is -0.480 e. The highest BCUT2D eigenvalue weighted by molar-refractivity contribution is 8.11. The SMILES string of the molecule is N[C@@H](Cc1ccc(C(CC(=O)NC(=S)S)C(=O)NC(=S)S)cc1)C(=O)O. The van der Waals surface area contributed by atoms with Crippen LogP contribution in [0.5, 0.6) is 0 Å². The van der Waals surface area contributed by atoms with Crippen LogP contribution in [0.25, 0.3) is 0 Å². The van der Waals surface area contributed by atoms with Gasteiger partial charge in [0, 0.05) is 6.42 Å². The molecule has 140 valence electrons. The van der Waals surface area contributed by atoms with Gasteiger partial charge in [0.2, 0.25) is 11.8 Å². The number of carbonyl (C=O) groups is 3. The first-order chi connectivity index (χ1) is 12.1. The summed E-state index contributed by atoms with van der Waals surface area (Å²) in [6.45, 7) is 0. The molecule has 0 fully saturated rings. The van der Waals surface area contributed by atoms with Crippen molar-refractivity contribution in [2.75, 3.05) is 0 Å². The lowest BCUT2D eigenvalue weighted by Crippen LogP contribution is -2.35. The first kappa shape index (κ1) is 22.5. The van der Waals surface area contributed by atoms with Crippen molar-refractivity contribution < 1.29 is 19.5 Å². The van der Waals surface area contributed by atoms with Crippen LogP contribution in [0.4, 0.5) is 0 Å². The molecule has 7 nitrogen and oxygen atoms in total. The number of thiol groups is 2. The summed E-state index contributed by atoms with van der Waals surface area (Å²) in [7, 11) is 0. The average Bonchev–Trinajstić information content (AvgIpc) is 2.52. The van der Waals surface area contributed by atoms with E-state index in [1.807, 2.05) is 0 Å². The second-order valence-corrected chi connectivity index (χ2v) is 7.61. The van der Waals surface area contributed by atoms with Crippen molar-refractivity contribution in [1.82, 2.24) is 10.6 Å². The van der Waals surface area contributed by atoms with Gasteiger partial charge in [0.15, 0.2) is 0 Å². The number of carbonyl (C=O) groups excluding carboxylic acids is 2. The number of carboxylic acids is 1. The molecule has 0 aliphatic rings. The maximum absolute atomic E-state index is 12.4. The first-order valence-corrected chi connectivity index (χ1v) is 8.95. The molecule has 11 heteroatoms. The fourth-order valence-corrected chi connectivity index (χ4v) is 2.59. The van der Waals surface area contributed by atoms with E-state index in [1.54, 1.807) is 24.3 Å². The van der Waals surface area contributed by atoms with Gasteiger partial charge in [-0.3, -0.25) is 14.4 Å². The zero-order valence-electron chi connectivity index (χ0n) is 13.3. The Morgan fingerprint density at radius 1 is 1.08 bits per heavy atom. The van der Waals surface area contributed by atoms with Gasteiger partial charge < -0.3 is 21.5 Å². The highest BCUT2D eigenvalue weighted by Gasteiger charge is 2.24. The first-order valence-electron chi connectivity index (χ1n) is 7.24. The van der Waals surface area contributed by atoms with Gasteiger partial charge in [0.25, 0.3) is 0 Å². The molecule has 0 heterocycles. The molecule has 2 atom stereocenters. The Labute approximate surface area is 171 Å². The number of carboxylic acid groups (broad SMARTS) is 1. The van der Waals surface area contributed by atoms with E-state index in [0.717, 1.165) is 0 Å². The standard InChI is InChI=1S/C15H17N3O4S4/c16-10(13(21)22)5-7-1-3-8(4-2-7)9(12(20)18-15(25)26)6-11(19)17-14(23)24/h1-4,9-10H,5-6,16H2,(H,21,22)(H2,17,19,23,24)(H2,18,20,25,26)/t9?,10-/m0/s1. The van der Waals surface area contributed by atoms with Crippen molar-refractivity contribution in [3.05, 3.63) is 35.4 Å². The summed E-state index contributed by atoms with van der Waals surface area (Å²) >= 11 is 17.1. The van der Waals surface area contributed by atoms with E-state index in [-0.39, 0.29) is 21.5 Å². The molecule has 26 heavy (non-hydrogen) atoms. The molecule has 0 aliphatic heterocycles. The van der Waals surface area contributed by atoms with Crippen LogP contribution in [0.15, 0.2) is 24.3 Å². The van der Waals surface area contributed by atoms with Crippen LogP contribution in [-0.4, -0.2) is 37.6 Å². The van der Waals surface area contributed by atoms with Crippen LogP contribution < -0.4 is 16.4 Å². The van der Waals surface area contributed by atoms with E-state index in [1.165, 1.54) is 0 Å². The fourth-order valence-electron chi connectivity index (χ4n) is 2.14. The molecule has 0 bridgehead atoms. The molecule has 0 saturated heterocycles. The van der Waals surface area contributed by atoms with E-state index in [2.05, 4.69) is 35.9 Å². The predicted molar refractivity (Wildman–Crippen MR) is 113 cm³/mol. The van der Waals surface area contributed by atoms with Gasteiger partial charge in [-0.25, -0.2) is 0 Å². The molecule has 1 unspecified atom stereocenters. The Balaban J connectivity index is 2.99. The van der Waals surface area contributed by atoms with Crippen molar-refractivity contribution in [3.63, 3.8) is 0 Å². The number of aliphatic carboxylic acids is 1. The van der Waals surface area contributed by atoms with Gasteiger partial charge in [0.1, 0.15) is 14.7 Å². The van der Waals surface area contributed by atoms with E-state index < -0.39 is 29.7 Å². The predicted octanol–water partition coefficient (Wildman–Crippen LogP) is 0.777. The topological polar surface area (TPSA) is 122 Å². The molecule has 1 aromatic rings. The average molecular weight is 432 g/mol. The largest absolute Gasteiger partial charge is 0.480 e. The van der Waals surface area contributed by atoms with Gasteiger partial charge in [-0.15, -0.1) is 25.3 Å². The number of amides is 2. The van der Waals surface area contributed by atoms with Crippen LogP contribution in [0.2, 0.25) is 0 Å². The summed E-state index contributed by atoms with van der Waals surface area (Å²) in [5, 5.41) is 13.6. The van der Waals surface area contributed by atoms with Gasteiger partial charge in [-0.2, -0.15) is 0 Å². The van der Waals surface area contributed by atoms with E-state index in [9.17, 15) is 14.4 Å². The molecule has 1 aromatic carbocycles. The molecular weight excluding hydrogens is 414 g/mol. The second kappa shape index (κ2) is 10.6. The summed E-state index contributed by atoms with van der Waals surface area (Å²) in [5.74, 6) is -2.93. The minimum atomic E-state index is -1.10. The van der Waals surface area contributed by atoms with Crippen LogP contribution in [-0.2, 0) is 20.8 Å². The van der Waals surface area contributed by atoms with E-state index in [0.29, 0.717) is 11.1 Å². The van der Waals surface area contributed by atoms with Crippen molar-refractivity contribution in [3.8, 4) is 0 Å². The monoisotopic (exact) mass is 431 g/mol. The molecule has 0 saturated carbocycles. The Kier molecular flexibility index (Phi) is 9.16. The lowest BCUT2D eigenvalue weighted by atomic mass is 9.92. The van der Waals surface area contributed by atoms with Gasteiger partial charge >= 0.3 is 5.97 Å². The highest BCUT2D eigenvalue weighted by atomic mass is 32.1. The molecule has 5 N–H and O–H groups in total. The number of rotatable bonds is 7. The molecule has 0 spiro atoms. The third kappa shape index (κ3) is 7.79. The second-order valence-electron chi connectivity index (χ2n) is 5.29. The summed E-state index contributed by atoms with van der Waals surface area (Å²) in [4.78, 5) is 35.1. The molecular formula is C15H17N3O4S4. The molecule has 2 amide bonds. The quantitative estimate of drug-likeness (QED) is 0.279. The Morgan fingerprint density at radius 2 is 1.62 bits per heavy atom. The summed E-state index contributed by atoms with van der Waals surface area (Å²) in [6.07, 6.45) is -0.0431. The smallest absolute Gasteiger partial charge is 0.320 e. The number of thiocarbonyl (C=S) groups is 2. The van der Waals surface area contributed by atoms with Crippen LogP contribution >= 0.6 is 49.7 Å². The van der Waals surface area contributed by atoms with Gasteiger partial charge in [0.05, 0.1) is 5.92 Å². The summed E-state index contributed by atoms with van der Waals surface area (Å²) < 4.78 is -0.0222. The summed E-state index contributed by atoms with van der Waals surface area (Å²) in [5.41, 5.74) is 6.73. The number of hydrogen-bond donors (Lipinski definition) is 6. The molecule has 1 rings (SSSR count). The third-order valence-corrected chi connectivity index (χ3v) is 3.77. The normalized spacial score (nSPS) is 12.6. The van der Waals surface area contributed by atoms with Crippen molar-refractivity contribution in [2.24, 2.45) is 5.73 Å². The maximum atomic E-state index is 12.4. The van der Waals surface area contributed by atoms with Crippen LogP contribution in [0, 0.1) is 0 Å². The lowest BCUT2D eigenvalue weighted by Gasteiger charge is -2.17. The minimum absolute atomic E-state index is 0.00289. The Morgan fingerprint density at radius 3 is 2.08 bits per heavy atom. The third-order valence-electron chi connectivity index (χ3n) is 3.34. The zero-order valence-corrected chi connectivity index (χ0v) is 16.8. The maximum Gasteiger partial charge on any atom is 0.320 e. The highest BCUT2D eigenvalue weighted by Crippen LogP contribution is 2.21. The number of nitrogens with one attached hydrogen (secondary N) is 2. The number of hydrogen-bond acceptors (Lipinski definition) is 6. The molecule has 0 aromatic heterocycles.